The van der Waals surface area contributed by atoms with Crippen LogP contribution in [0.25, 0.3) is 0 Å². The molecule has 8 heavy (non-hydrogen) atoms. The van der Waals surface area contributed by atoms with E-state index in [-0.39, 0.29) is 4.87 Å². The number of hydrogen-bond donors (Lipinski definition) is 0. The van der Waals surface area contributed by atoms with Crippen molar-refractivity contribution in [1.29, 1.82) is 0 Å². The largest absolute Gasteiger partial charge is 0.119 e. The molecule has 0 aliphatic heterocycles. The van der Waals surface area contributed by atoms with Crippen LogP contribution in [0, 0.1) is 5.92 Å². The Morgan fingerprint density at radius 2 is 1.62 bits per heavy atom. The summed E-state index contributed by atoms with van der Waals surface area (Å²) in [5, 5.41) is 0.508. The summed E-state index contributed by atoms with van der Waals surface area (Å²) in [6, 6.07) is 0. The van der Waals surface area contributed by atoms with Gasteiger partial charge in [0.1, 0.15) is 0 Å². The van der Waals surface area contributed by atoms with E-state index in [1.807, 2.05) is 0 Å². The van der Waals surface area contributed by atoms with Crippen molar-refractivity contribution < 1.29 is 0 Å². The number of hydrogen-bond acceptors (Lipinski definition) is 0. The Morgan fingerprint density at radius 1 is 1.50 bits per heavy atom. The molecule has 1 rings (SSSR count). The zero-order valence-electron chi connectivity index (χ0n) is 5.96. The van der Waals surface area contributed by atoms with Gasteiger partial charge in [-0.2, -0.15) is 0 Å². The summed E-state index contributed by atoms with van der Waals surface area (Å²) in [6.07, 6.45) is 0. The minimum atomic E-state index is 0.138. The fourth-order valence-electron chi connectivity index (χ4n) is 1.21. The van der Waals surface area contributed by atoms with E-state index in [0.29, 0.717) is 5.04 Å². The summed E-state index contributed by atoms with van der Waals surface area (Å²) in [5.74, 6) is 0.739. The van der Waals surface area contributed by atoms with Crippen LogP contribution >= 0.6 is 11.6 Å². The topological polar surface area (TPSA) is 0 Å². The summed E-state index contributed by atoms with van der Waals surface area (Å²) in [4.78, 5) is 0.138. The molecule has 0 bridgehead atoms. The van der Waals surface area contributed by atoms with E-state index in [2.05, 4.69) is 20.8 Å². The summed E-state index contributed by atoms with van der Waals surface area (Å²) >= 11 is 6.12. The maximum Gasteiger partial charge on any atom is 0.0470 e. The molecule has 0 spiro atoms. The second-order valence-corrected chi connectivity index (χ2v) is 6.38. The van der Waals surface area contributed by atoms with Gasteiger partial charge in [-0.3, -0.25) is 0 Å². The highest BCUT2D eigenvalue weighted by atomic mass is 35.5. The van der Waals surface area contributed by atoms with Crippen molar-refractivity contribution in [3.63, 3.8) is 0 Å². The van der Waals surface area contributed by atoms with Gasteiger partial charge in [0.25, 0.3) is 0 Å². The monoisotopic (exact) mass is 148 g/mol. The van der Waals surface area contributed by atoms with E-state index in [4.69, 9.17) is 11.6 Å². The molecule has 2 heteroatoms. The minimum Gasteiger partial charge on any atom is -0.119 e. The molecule has 1 aliphatic rings. The van der Waals surface area contributed by atoms with Crippen LogP contribution in [-0.2, 0) is 0 Å². The third-order valence-corrected chi connectivity index (χ3v) is 6.11. The predicted molar refractivity (Wildman–Crippen MR) is 41.7 cm³/mol. The molecule has 0 saturated heterocycles. The zero-order chi connectivity index (χ0) is 6.58. The summed E-state index contributed by atoms with van der Waals surface area (Å²) in [7, 11) is 1.23. The van der Waals surface area contributed by atoms with Crippen molar-refractivity contribution in [2.75, 3.05) is 0 Å². The van der Waals surface area contributed by atoms with E-state index in [1.165, 1.54) is 10.2 Å². The molecule has 0 aromatic heterocycles. The molecular weight excluding hydrogens is 136 g/mol. The van der Waals surface area contributed by atoms with Gasteiger partial charge in [-0.05, 0) is 17.9 Å². The molecule has 3 unspecified atom stereocenters. The lowest BCUT2D eigenvalue weighted by Crippen LogP contribution is -1.98. The molecule has 0 N–H and O–H groups in total. The van der Waals surface area contributed by atoms with Crippen molar-refractivity contribution in [2.45, 2.75) is 30.7 Å². The second-order valence-electron chi connectivity index (χ2n) is 3.52. The lowest BCUT2D eigenvalue weighted by Gasteiger charge is -2.01. The van der Waals surface area contributed by atoms with Crippen LogP contribution in [0.15, 0.2) is 0 Å². The van der Waals surface area contributed by atoms with Gasteiger partial charge in [0.15, 0.2) is 0 Å². The molecule has 1 fully saturated rings. The van der Waals surface area contributed by atoms with Gasteiger partial charge in [0.2, 0.25) is 0 Å². The highest BCUT2D eigenvalue weighted by Gasteiger charge is 2.64. The van der Waals surface area contributed by atoms with Crippen LogP contribution in [0.1, 0.15) is 20.8 Å². The second kappa shape index (κ2) is 1.32. The first-order valence-electron chi connectivity index (χ1n) is 3.09. The SMILES string of the molecule is CC1C(C)([SiH3])C1(C)Cl. The van der Waals surface area contributed by atoms with Gasteiger partial charge < -0.3 is 0 Å². The molecule has 1 aliphatic carbocycles. The molecule has 0 aromatic carbocycles. The Hall–Kier alpha value is 0.507. The number of halogens is 1. The van der Waals surface area contributed by atoms with Gasteiger partial charge >= 0.3 is 0 Å². The van der Waals surface area contributed by atoms with Crippen molar-refractivity contribution >= 4 is 21.8 Å². The molecule has 3 atom stereocenters. The number of alkyl halides is 1. The van der Waals surface area contributed by atoms with Crippen LogP contribution in [0.5, 0.6) is 0 Å². The summed E-state index contributed by atoms with van der Waals surface area (Å²) in [5.41, 5.74) is 0. The maximum atomic E-state index is 6.12. The molecule has 1 saturated carbocycles. The van der Waals surface area contributed by atoms with E-state index in [9.17, 15) is 0 Å². The van der Waals surface area contributed by atoms with Gasteiger partial charge in [-0.25, -0.2) is 0 Å². The molecule has 0 aromatic rings. The van der Waals surface area contributed by atoms with Crippen molar-refractivity contribution in [2.24, 2.45) is 5.92 Å². The Morgan fingerprint density at radius 3 is 1.62 bits per heavy atom. The van der Waals surface area contributed by atoms with Gasteiger partial charge in [-0.15, -0.1) is 11.6 Å². The first-order valence-corrected chi connectivity index (χ1v) is 4.47. The fraction of sp³-hybridized carbons (Fsp3) is 1.00. The highest BCUT2D eigenvalue weighted by molar-refractivity contribution is 6.36. The Bertz CT molecular complexity index is 104. The standard InChI is InChI=1S/C6H13ClSi/c1-4-5(2,7)6(4,3)8/h4H,1-3,8H3. The lowest BCUT2D eigenvalue weighted by atomic mass is 10.4. The van der Waals surface area contributed by atoms with Crippen LogP contribution < -0.4 is 0 Å². The van der Waals surface area contributed by atoms with Gasteiger partial charge in [0.05, 0.1) is 0 Å². The number of rotatable bonds is 0. The quantitative estimate of drug-likeness (QED) is 0.358. The van der Waals surface area contributed by atoms with Crippen LogP contribution in [0.2, 0.25) is 5.04 Å². The molecule has 0 amide bonds. The van der Waals surface area contributed by atoms with Crippen LogP contribution in [0.3, 0.4) is 0 Å². The van der Waals surface area contributed by atoms with Crippen molar-refractivity contribution in [3.05, 3.63) is 0 Å². The van der Waals surface area contributed by atoms with Crippen LogP contribution in [-0.4, -0.2) is 15.1 Å². The predicted octanol–water partition coefficient (Wildman–Crippen LogP) is 1.18. The summed E-state index contributed by atoms with van der Waals surface area (Å²) < 4.78 is 0. The highest BCUT2D eigenvalue weighted by Crippen LogP contribution is 2.69. The average molecular weight is 149 g/mol. The van der Waals surface area contributed by atoms with E-state index < -0.39 is 0 Å². The normalized spacial score (nSPS) is 63.8. The molecule has 0 nitrogen and oxygen atoms in total. The fourth-order valence-corrected chi connectivity index (χ4v) is 2.64. The minimum absolute atomic E-state index is 0.138. The van der Waals surface area contributed by atoms with Crippen molar-refractivity contribution in [3.8, 4) is 0 Å². The van der Waals surface area contributed by atoms with Crippen LogP contribution in [0.4, 0.5) is 0 Å². The Balaban J connectivity index is 2.72. The first-order chi connectivity index (χ1) is 3.40. The van der Waals surface area contributed by atoms with E-state index >= 15 is 0 Å². The van der Waals surface area contributed by atoms with E-state index in [0.717, 1.165) is 5.92 Å². The third-order valence-electron chi connectivity index (χ3n) is 3.07. The zero-order valence-corrected chi connectivity index (χ0v) is 8.71. The van der Waals surface area contributed by atoms with Gasteiger partial charge in [-0.1, -0.05) is 13.8 Å². The first kappa shape index (κ1) is 6.62. The summed E-state index contributed by atoms with van der Waals surface area (Å²) in [6.45, 7) is 6.66. The van der Waals surface area contributed by atoms with Crippen molar-refractivity contribution in [1.82, 2.24) is 0 Å². The molecule has 48 valence electrons. The molecular formula is C6H13ClSi. The maximum absolute atomic E-state index is 6.12. The van der Waals surface area contributed by atoms with E-state index in [1.54, 1.807) is 0 Å². The average Bonchev–Trinajstić information content (AvgIpc) is 1.88. The Labute approximate surface area is 59.0 Å². The Kier molecular flexibility index (Phi) is 1.09. The van der Waals surface area contributed by atoms with Gasteiger partial charge in [0, 0.05) is 15.1 Å². The molecule has 0 heterocycles. The lowest BCUT2D eigenvalue weighted by molar-refractivity contribution is 0.851. The molecule has 0 radical (unpaired) electrons. The third kappa shape index (κ3) is 0.519. The smallest absolute Gasteiger partial charge is 0.0470 e.